The van der Waals surface area contributed by atoms with Gasteiger partial charge in [-0.2, -0.15) is 13.2 Å². The predicted molar refractivity (Wildman–Crippen MR) is 90.2 cm³/mol. The summed E-state index contributed by atoms with van der Waals surface area (Å²) in [5.41, 5.74) is 0.360. The minimum Gasteiger partial charge on any atom is -0.481 e. The van der Waals surface area contributed by atoms with Gasteiger partial charge in [0.2, 0.25) is 5.79 Å². The van der Waals surface area contributed by atoms with Crippen LogP contribution in [0, 0.1) is 17.7 Å². The van der Waals surface area contributed by atoms with Crippen molar-refractivity contribution in [3.05, 3.63) is 29.6 Å². The van der Waals surface area contributed by atoms with Crippen LogP contribution in [-0.2, 0) is 24.7 Å². The predicted octanol–water partition coefficient (Wildman–Crippen LogP) is 4.00. The molecule has 0 saturated carbocycles. The van der Waals surface area contributed by atoms with E-state index in [0.29, 0.717) is 32.0 Å². The van der Waals surface area contributed by atoms with E-state index >= 15 is 0 Å². The molecule has 2 saturated heterocycles. The van der Waals surface area contributed by atoms with Crippen LogP contribution in [0.1, 0.15) is 25.3 Å². The average Bonchev–Trinajstić information content (AvgIpc) is 2.68. The molecule has 0 N–H and O–H groups in total. The second-order valence-electron chi connectivity index (χ2n) is 7.05. The highest BCUT2D eigenvalue weighted by Gasteiger charge is 2.48. The molecule has 1 aromatic carbocycles. The van der Waals surface area contributed by atoms with Crippen molar-refractivity contribution >= 4 is 0 Å². The van der Waals surface area contributed by atoms with Crippen molar-refractivity contribution in [1.82, 2.24) is 0 Å². The normalized spacial score (nSPS) is 27.0. The summed E-state index contributed by atoms with van der Waals surface area (Å²) in [4.78, 5) is 0. The third kappa shape index (κ3) is 4.94. The summed E-state index contributed by atoms with van der Waals surface area (Å²) in [5, 5.41) is 0. The molecule has 5 nitrogen and oxygen atoms in total. The number of halogens is 4. The van der Waals surface area contributed by atoms with Gasteiger partial charge in [0.15, 0.2) is 18.2 Å². The molecule has 2 fully saturated rings. The first-order valence-corrected chi connectivity index (χ1v) is 9.27. The lowest BCUT2D eigenvalue weighted by molar-refractivity contribution is -0.341. The van der Waals surface area contributed by atoms with Crippen LogP contribution in [0.15, 0.2) is 18.2 Å². The Labute approximate surface area is 160 Å². The third-order valence-electron chi connectivity index (χ3n) is 4.83. The first kappa shape index (κ1) is 21.3. The van der Waals surface area contributed by atoms with Crippen LogP contribution in [0.3, 0.4) is 0 Å². The van der Waals surface area contributed by atoms with Gasteiger partial charge in [0.05, 0.1) is 32.3 Å². The van der Waals surface area contributed by atoms with E-state index in [4.69, 9.17) is 18.9 Å². The topological polar surface area (TPSA) is 46.2 Å². The number of alkyl halides is 3. The van der Waals surface area contributed by atoms with E-state index in [1.807, 2.05) is 0 Å². The highest BCUT2D eigenvalue weighted by Crippen LogP contribution is 2.42. The lowest BCUT2D eigenvalue weighted by atomic mass is 9.90. The Kier molecular flexibility index (Phi) is 6.80. The summed E-state index contributed by atoms with van der Waals surface area (Å²) in [7, 11) is 0. The Morgan fingerprint density at radius 2 is 1.79 bits per heavy atom. The maximum Gasteiger partial charge on any atom is 0.422 e. The molecule has 2 aliphatic rings. The summed E-state index contributed by atoms with van der Waals surface area (Å²) in [6.45, 7) is 2.11. The molecule has 0 atom stereocenters. The molecule has 0 aliphatic carbocycles. The Hall–Kier alpha value is -1.42. The zero-order valence-electron chi connectivity index (χ0n) is 15.6. The van der Waals surface area contributed by atoms with E-state index in [-0.39, 0.29) is 18.6 Å². The van der Waals surface area contributed by atoms with Gasteiger partial charge < -0.3 is 23.7 Å². The molecule has 28 heavy (non-hydrogen) atoms. The number of benzene rings is 1. The quantitative estimate of drug-likeness (QED) is 0.666. The summed E-state index contributed by atoms with van der Waals surface area (Å²) < 4.78 is 78.9. The molecule has 1 aromatic rings. The maximum absolute atomic E-state index is 14.4. The van der Waals surface area contributed by atoms with Crippen LogP contribution >= 0.6 is 0 Å². The van der Waals surface area contributed by atoms with Crippen LogP contribution in [0.25, 0.3) is 0 Å². The molecule has 0 radical (unpaired) electrons. The molecule has 2 heterocycles. The number of ether oxygens (including phenoxy) is 5. The van der Waals surface area contributed by atoms with Gasteiger partial charge in [0, 0.05) is 11.5 Å². The molecule has 0 amide bonds. The lowest BCUT2D eigenvalue weighted by Crippen LogP contribution is -2.51. The van der Waals surface area contributed by atoms with Gasteiger partial charge in [0.1, 0.15) is 6.79 Å². The third-order valence-corrected chi connectivity index (χ3v) is 4.83. The van der Waals surface area contributed by atoms with Gasteiger partial charge in [-0.25, -0.2) is 4.39 Å². The Morgan fingerprint density at radius 3 is 2.36 bits per heavy atom. The fourth-order valence-corrected chi connectivity index (χ4v) is 3.49. The molecule has 0 spiro atoms. The molecule has 2 aliphatic heterocycles. The molecule has 3 rings (SSSR count). The Balaban J connectivity index is 1.83. The second kappa shape index (κ2) is 8.94. The van der Waals surface area contributed by atoms with E-state index in [2.05, 4.69) is 11.7 Å². The van der Waals surface area contributed by atoms with E-state index in [1.54, 1.807) is 0 Å². The monoisotopic (exact) mass is 408 g/mol. The van der Waals surface area contributed by atoms with Crippen LogP contribution in [-0.4, -0.2) is 46.0 Å². The smallest absolute Gasteiger partial charge is 0.422 e. The largest absolute Gasteiger partial charge is 0.481 e. The van der Waals surface area contributed by atoms with Crippen molar-refractivity contribution in [2.75, 3.05) is 39.8 Å². The molecule has 0 bridgehead atoms. The van der Waals surface area contributed by atoms with Crippen LogP contribution in [0.2, 0.25) is 0 Å². The van der Waals surface area contributed by atoms with Gasteiger partial charge in [-0.15, -0.1) is 0 Å². The summed E-state index contributed by atoms with van der Waals surface area (Å²) in [5.74, 6) is -2.80. The standard InChI is InChI=1S/C19H24F4O5/c1-2-3-13-7-27-19(28-8-13,15-9-24-12-25-10-15)14-4-5-17(16(20)6-14)26-11-18(21,22)23/h4-6,13,15H,2-3,7-12H2,1H3/t13-,19-. The first-order valence-electron chi connectivity index (χ1n) is 9.27. The van der Waals surface area contributed by atoms with Crippen molar-refractivity contribution < 1.29 is 41.2 Å². The highest BCUT2D eigenvalue weighted by molar-refractivity contribution is 5.32. The minimum atomic E-state index is -4.55. The molecule has 0 aromatic heterocycles. The van der Waals surface area contributed by atoms with E-state index in [9.17, 15) is 17.6 Å². The van der Waals surface area contributed by atoms with Gasteiger partial charge in [-0.3, -0.25) is 0 Å². The zero-order chi connectivity index (χ0) is 20.2. The number of rotatable bonds is 6. The first-order chi connectivity index (χ1) is 13.3. The van der Waals surface area contributed by atoms with Crippen LogP contribution in [0.5, 0.6) is 5.75 Å². The van der Waals surface area contributed by atoms with E-state index < -0.39 is 30.1 Å². The lowest BCUT2D eigenvalue weighted by Gasteiger charge is -2.46. The zero-order valence-corrected chi connectivity index (χ0v) is 15.6. The molecular weight excluding hydrogens is 384 g/mol. The minimum absolute atomic E-state index is 0.156. The average molecular weight is 408 g/mol. The second-order valence-corrected chi connectivity index (χ2v) is 7.05. The van der Waals surface area contributed by atoms with Crippen molar-refractivity contribution in [2.45, 2.75) is 31.7 Å². The molecular formula is C19H24F4O5. The summed E-state index contributed by atoms with van der Waals surface area (Å²) >= 11 is 0. The fraction of sp³-hybridized carbons (Fsp3) is 0.684. The SMILES string of the molecule is CCC[C@H]1CO[C@](c2ccc(OCC(F)(F)F)c(F)c2)(C2COCOC2)OC1. The van der Waals surface area contributed by atoms with Gasteiger partial charge in [-0.1, -0.05) is 13.3 Å². The van der Waals surface area contributed by atoms with Crippen molar-refractivity contribution in [1.29, 1.82) is 0 Å². The van der Waals surface area contributed by atoms with Crippen molar-refractivity contribution in [3.8, 4) is 5.75 Å². The van der Waals surface area contributed by atoms with Gasteiger partial charge in [0.25, 0.3) is 0 Å². The van der Waals surface area contributed by atoms with Gasteiger partial charge in [-0.05, 0) is 24.6 Å². The Morgan fingerprint density at radius 1 is 1.11 bits per heavy atom. The van der Waals surface area contributed by atoms with Crippen molar-refractivity contribution in [2.24, 2.45) is 11.8 Å². The molecule has 0 unspecified atom stereocenters. The molecule has 158 valence electrons. The number of hydrogen-bond donors (Lipinski definition) is 0. The van der Waals surface area contributed by atoms with E-state index in [0.717, 1.165) is 25.0 Å². The van der Waals surface area contributed by atoms with Crippen LogP contribution < -0.4 is 4.74 Å². The Bertz CT molecular complexity index is 638. The highest BCUT2D eigenvalue weighted by atomic mass is 19.4. The van der Waals surface area contributed by atoms with Crippen molar-refractivity contribution in [3.63, 3.8) is 0 Å². The summed E-state index contributed by atoms with van der Waals surface area (Å²) in [6.07, 6.45) is -2.63. The van der Waals surface area contributed by atoms with Crippen LogP contribution in [0.4, 0.5) is 17.6 Å². The summed E-state index contributed by atoms with van der Waals surface area (Å²) in [6, 6.07) is 3.72. The molecule has 9 heteroatoms. The van der Waals surface area contributed by atoms with E-state index in [1.165, 1.54) is 6.07 Å². The maximum atomic E-state index is 14.4. The fourth-order valence-electron chi connectivity index (χ4n) is 3.49. The van der Waals surface area contributed by atoms with Gasteiger partial charge >= 0.3 is 6.18 Å². The number of hydrogen-bond acceptors (Lipinski definition) is 5.